The zero-order valence-corrected chi connectivity index (χ0v) is 18.4. The van der Waals surface area contributed by atoms with Crippen LogP contribution in [0.2, 0.25) is 5.02 Å². The Morgan fingerprint density at radius 3 is 2.58 bits per heavy atom. The number of halogens is 1. The maximum atomic E-state index is 13.0. The molecule has 1 aliphatic heterocycles. The van der Waals surface area contributed by atoms with E-state index in [2.05, 4.69) is 10.2 Å². The van der Waals surface area contributed by atoms with Crippen LogP contribution in [-0.4, -0.2) is 49.1 Å². The summed E-state index contributed by atoms with van der Waals surface area (Å²) in [6.07, 6.45) is 2.16. The summed E-state index contributed by atoms with van der Waals surface area (Å²) in [4.78, 5) is 26.3. The van der Waals surface area contributed by atoms with Crippen molar-refractivity contribution in [2.75, 3.05) is 33.4 Å². The Balaban J connectivity index is 1.87. The van der Waals surface area contributed by atoms with E-state index in [4.69, 9.17) is 21.1 Å². The molecule has 0 aromatic heterocycles. The summed E-state index contributed by atoms with van der Waals surface area (Å²) in [6, 6.07) is 9.99. The van der Waals surface area contributed by atoms with Crippen molar-refractivity contribution in [3.63, 3.8) is 0 Å². The van der Waals surface area contributed by atoms with Gasteiger partial charge in [-0.3, -0.25) is 19.8 Å². The standard InChI is InChI=1S/C22H26ClN3O5/c1-3-31-21-12-16(18(26(28)29)13-20(21)30-2)22(27)24-14-19(25-10-6-7-11-25)15-8-4-5-9-17(15)23/h4-5,8-9,12-13,19H,3,6-7,10-11,14H2,1-2H3,(H,24,27)/t19-/m1/s1. The smallest absolute Gasteiger partial charge is 0.286 e. The van der Waals surface area contributed by atoms with Gasteiger partial charge in [0.2, 0.25) is 0 Å². The molecule has 1 amide bonds. The van der Waals surface area contributed by atoms with Crippen LogP contribution in [0, 0.1) is 10.1 Å². The van der Waals surface area contributed by atoms with Gasteiger partial charge in [0.05, 0.1) is 30.7 Å². The first kappa shape index (κ1) is 22.8. The van der Waals surface area contributed by atoms with Crippen molar-refractivity contribution in [1.82, 2.24) is 10.2 Å². The second-order valence-electron chi connectivity index (χ2n) is 7.20. The fraction of sp³-hybridized carbons (Fsp3) is 0.409. The molecule has 0 radical (unpaired) electrons. The van der Waals surface area contributed by atoms with Gasteiger partial charge in [-0.15, -0.1) is 0 Å². The van der Waals surface area contributed by atoms with E-state index in [1.807, 2.05) is 24.3 Å². The molecule has 1 atom stereocenters. The van der Waals surface area contributed by atoms with Gasteiger partial charge in [0.15, 0.2) is 11.5 Å². The molecule has 2 aromatic carbocycles. The van der Waals surface area contributed by atoms with Crippen LogP contribution < -0.4 is 14.8 Å². The maximum absolute atomic E-state index is 13.0. The first-order chi connectivity index (χ1) is 15.0. The quantitative estimate of drug-likeness (QED) is 0.457. The van der Waals surface area contributed by atoms with E-state index in [1.54, 1.807) is 6.92 Å². The average molecular weight is 448 g/mol. The number of nitrogens with one attached hydrogen (secondary N) is 1. The SMILES string of the molecule is CCOc1cc(C(=O)NC[C@H](c2ccccc2Cl)N2CCCC2)c([N+](=O)[O-])cc1OC. The molecule has 9 heteroatoms. The number of hydrogen-bond donors (Lipinski definition) is 1. The molecule has 0 spiro atoms. The number of carbonyl (C=O) groups is 1. The van der Waals surface area contributed by atoms with Gasteiger partial charge in [-0.1, -0.05) is 29.8 Å². The summed E-state index contributed by atoms with van der Waals surface area (Å²) in [6.45, 7) is 4.20. The second kappa shape index (κ2) is 10.5. The van der Waals surface area contributed by atoms with E-state index in [1.165, 1.54) is 19.2 Å². The van der Waals surface area contributed by atoms with Gasteiger partial charge in [0.1, 0.15) is 5.56 Å². The molecule has 3 rings (SSSR count). The number of hydrogen-bond acceptors (Lipinski definition) is 6. The van der Waals surface area contributed by atoms with Crippen molar-refractivity contribution >= 4 is 23.2 Å². The number of nitro benzene ring substituents is 1. The molecular formula is C22H26ClN3O5. The number of likely N-dealkylation sites (tertiary alicyclic amines) is 1. The highest BCUT2D eigenvalue weighted by Gasteiger charge is 2.28. The lowest BCUT2D eigenvalue weighted by atomic mass is 10.0. The Labute approximate surface area is 186 Å². The van der Waals surface area contributed by atoms with Crippen molar-refractivity contribution in [2.24, 2.45) is 0 Å². The summed E-state index contributed by atoms with van der Waals surface area (Å²) in [5.74, 6) is -0.0642. The molecule has 31 heavy (non-hydrogen) atoms. The minimum absolute atomic E-state index is 0.0754. The van der Waals surface area contributed by atoms with Crippen molar-refractivity contribution in [3.8, 4) is 11.5 Å². The number of benzene rings is 2. The highest BCUT2D eigenvalue weighted by Crippen LogP contribution is 2.35. The van der Waals surface area contributed by atoms with Gasteiger partial charge in [-0.05, 0) is 44.5 Å². The molecule has 166 valence electrons. The zero-order valence-electron chi connectivity index (χ0n) is 17.6. The molecule has 1 aliphatic rings. The van der Waals surface area contributed by atoms with Gasteiger partial charge in [0, 0.05) is 17.6 Å². The number of ether oxygens (including phenoxy) is 2. The first-order valence-electron chi connectivity index (χ1n) is 10.2. The number of rotatable bonds is 9. The van der Waals surface area contributed by atoms with Crippen LogP contribution in [0.1, 0.15) is 41.7 Å². The highest BCUT2D eigenvalue weighted by atomic mass is 35.5. The Bertz CT molecular complexity index is 947. The third kappa shape index (κ3) is 5.26. The number of nitro groups is 1. The minimum atomic E-state index is -0.598. The summed E-state index contributed by atoms with van der Waals surface area (Å²) >= 11 is 6.43. The molecule has 1 fully saturated rings. The third-order valence-corrected chi connectivity index (χ3v) is 5.67. The van der Waals surface area contributed by atoms with Crippen LogP contribution in [-0.2, 0) is 0 Å². The van der Waals surface area contributed by atoms with Crippen molar-refractivity contribution < 1.29 is 19.2 Å². The lowest BCUT2D eigenvalue weighted by Crippen LogP contribution is -2.37. The predicted octanol–water partition coefficient (Wildman–Crippen LogP) is 4.22. The average Bonchev–Trinajstić information content (AvgIpc) is 3.29. The summed E-state index contributed by atoms with van der Waals surface area (Å²) in [7, 11) is 1.39. The molecule has 0 unspecified atom stereocenters. The maximum Gasteiger partial charge on any atom is 0.286 e. The predicted molar refractivity (Wildman–Crippen MR) is 118 cm³/mol. The van der Waals surface area contributed by atoms with E-state index in [9.17, 15) is 14.9 Å². The fourth-order valence-electron chi connectivity index (χ4n) is 3.83. The van der Waals surface area contributed by atoms with Crippen molar-refractivity contribution in [3.05, 3.63) is 62.7 Å². The van der Waals surface area contributed by atoms with E-state index < -0.39 is 10.8 Å². The first-order valence-corrected chi connectivity index (χ1v) is 10.6. The van der Waals surface area contributed by atoms with Crippen molar-refractivity contribution in [2.45, 2.75) is 25.8 Å². The molecule has 8 nitrogen and oxygen atoms in total. The number of amides is 1. The minimum Gasteiger partial charge on any atom is -0.493 e. The molecular weight excluding hydrogens is 422 g/mol. The van der Waals surface area contributed by atoms with Gasteiger partial charge in [0.25, 0.3) is 11.6 Å². The Hall–Kier alpha value is -2.84. The molecule has 1 N–H and O–H groups in total. The zero-order chi connectivity index (χ0) is 22.4. The van der Waals surface area contributed by atoms with Crippen LogP contribution in [0.5, 0.6) is 11.5 Å². The summed E-state index contributed by atoms with van der Waals surface area (Å²) in [5.41, 5.74) is 0.507. The lowest BCUT2D eigenvalue weighted by molar-refractivity contribution is -0.385. The van der Waals surface area contributed by atoms with Gasteiger partial charge in [-0.25, -0.2) is 0 Å². The Morgan fingerprint density at radius 2 is 1.97 bits per heavy atom. The molecule has 2 aromatic rings. The van der Waals surface area contributed by atoms with Gasteiger partial charge in [-0.2, -0.15) is 0 Å². The van der Waals surface area contributed by atoms with Gasteiger partial charge >= 0.3 is 0 Å². The number of nitrogens with zero attached hydrogens (tertiary/aromatic N) is 2. The number of carbonyl (C=O) groups excluding carboxylic acids is 1. The van der Waals surface area contributed by atoms with Crippen LogP contribution in [0.4, 0.5) is 5.69 Å². The molecule has 0 saturated carbocycles. The van der Waals surface area contributed by atoms with E-state index in [0.717, 1.165) is 31.5 Å². The van der Waals surface area contributed by atoms with Crippen LogP contribution >= 0.6 is 11.6 Å². The van der Waals surface area contributed by atoms with E-state index in [0.29, 0.717) is 11.6 Å². The summed E-state index contributed by atoms with van der Waals surface area (Å²) in [5, 5.41) is 15.1. The highest BCUT2D eigenvalue weighted by molar-refractivity contribution is 6.31. The monoisotopic (exact) mass is 447 g/mol. The van der Waals surface area contributed by atoms with Crippen LogP contribution in [0.3, 0.4) is 0 Å². The molecule has 1 saturated heterocycles. The number of methoxy groups -OCH3 is 1. The Kier molecular flexibility index (Phi) is 7.70. The largest absolute Gasteiger partial charge is 0.493 e. The third-order valence-electron chi connectivity index (χ3n) is 5.32. The lowest BCUT2D eigenvalue weighted by Gasteiger charge is -2.29. The Morgan fingerprint density at radius 1 is 1.26 bits per heavy atom. The van der Waals surface area contributed by atoms with Crippen molar-refractivity contribution in [1.29, 1.82) is 0 Å². The molecule has 1 heterocycles. The molecule has 0 aliphatic carbocycles. The van der Waals surface area contributed by atoms with E-state index >= 15 is 0 Å². The normalized spacial score (nSPS) is 14.8. The van der Waals surface area contributed by atoms with Crippen LogP contribution in [0.25, 0.3) is 0 Å². The topological polar surface area (TPSA) is 93.9 Å². The van der Waals surface area contributed by atoms with Crippen LogP contribution in [0.15, 0.2) is 36.4 Å². The molecule has 0 bridgehead atoms. The van der Waals surface area contributed by atoms with E-state index in [-0.39, 0.29) is 35.3 Å². The van der Waals surface area contributed by atoms with Gasteiger partial charge < -0.3 is 14.8 Å². The second-order valence-corrected chi connectivity index (χ2v) is 7.61. The fourth-order valence-corrected chi connectivity index (χ4v) is 4.09. The summed E-state index contributed by atoms with van der Waals surface area (Å²) < 4.78 is 10.7.